The number of rotatable bonds is 7. The van der Waals surface area contributed by atoms with Gasteiger partial charge in [0.25, 0.3) is 5.56 Å². The molecule has 1 unspecified atom stereocenters. The molecule has 2 heterocycles. The van der Waals surface area contributed by atoms with Crippen LogP contribution in [0.5, 0.6) is 5.75 Å². The summed E-state index contributed by atoms with van der Waals surface area (Å²) >= 11 is 0. The van der Waals surface area contributed by atoms with E-state index in [9.17, 15) is 4.79 Å². The molecule has 1 aliphatic rings. The number of para-hydroxylation sites is 1. The van der Waals surface area contributed by atoms with Crippen molar-refractivity contribution in [3.05, 3.63) is 89.2 Å². The van der Waals surface area contributed by atoms with Gasteiger partial charge in [0.1, 0.15) is 11.6 Å². The van der Waals surface area contributed by atoms with Crippen molar-refractivity contribution < 1.29 is 4.74 Å². The summed E-state index contributed by atoms with van der Waals surface area (Å²) in [5.74, 6) is 1.77. The molecule has 190 valence electrons. The molecular weight excluding hydrogens is 458 g/mol. The summed E-state index contributed by atoms with van der Waals surface area (Å²) in [5, 5.41) is 0.639. The van der Waals surface area contributed by atoms with Crippen molar-refractivity contribution in [2.75, 3.05) is 20.2 Å². The van der Waals surface area contributed by atoms with Gasteiger partial charge in [0, 0.05) is 19.1 Å². The molecule has 0 radical (unpaired) electrons. The van der Waals surface area contributed by atoms with Gasteiger partial charge in [-0.3, -0.25) is 9.36 Å². The summed E-state index contributed by atoms with van der Waals surface area (Å²) < 4.78 is 7.56. The molecule has 1 saturated heterocycles. The molecule has 5 heteroatoms. The molecule has 5 rings (SSSR count). The summed E-state index contributed by atoms with van der Waals surface area (Å²) in [7, 11) is 1.66. The van der Waals surface area contributed by atoms with Crippen molar-refractivity contribution in [3.8, 4) is 28.3 Å². The van der Waals surface area contributed by atoms with Gasteiger partial charge in [-0.1, -0.05) is 55.1 Å². The summed E-state index contributed by atoms with van der Waals surface area (Å²) in [4.78, 5) is 21.7. The molecule has 0 N–H and O–H groups in total. The molecule has 0 saturated carbocycles. The van der Waals surface area contributed by atoms with Crippen LogP contribution in [0.2, 0.25) is 0 Å². The van der Waals surface area contributed by atoms with Crippen LogP contribution >= 0.6 is 0 Å². The predicted molar refractivity (Wildman–Crippen MR) is 153 cm³/mol. The summed E-state index contributed by atoms with van der Waals surface area (Å²) in [5.41, 5.74) is 4.66. The average Bonchev–Trinajstić information content (AvgIpc) is 2.94. The lowest BCUT2D eigenvalue weighted by Gasteiger charge is -2.36. The average molecular weight is 494 g/mol. The molecule has 3 aromatic carbocycles. The Morgan fingerprint density at radius 1 is 1.08 bits per heavy atom. The normalized spacial score (nSPS) is 16.3. The van der Waals surface area contributed by atoms with Crippen molar-refractivity contribution in [2.24, 2.45) is 5.92 Å². The standard InChI is InChI=1S/C32H35N3O2/c1-5-23-12-14-25(15-13-23)26-16-17-29-28(19-26)32(36)35(21-24-9-8-18-34(20-24)22(2)3)31(33-29)27-10-6-7-11-30(27)37-4/h5-7,10-17,19,22,24H,1,8-9,18,20-21H2,2-4H3. The van der Waals surface area contributed by atoms with Crippen LogP contribution in [0.15, 0.2) is 78.1 Å². The van der Waals surface area contributed by atoms with Crippen LogP contribution in [0.3, 0.4) is 0 Å². The number of aromatic nitrogens is 2. The molecule has 37 heavy (non-hydrogen) atoms. The number of fused-ring (bicyclic) bond motifs is 1. The first kappa shape index (κ1) is 25.0. The quantitative estimate of drug-likeness (QED) is 0.295. The fourth-order valence-electron chi connectivity index (χ4n) is 5.39. The highest BCUT2D eigenvalue weighted by Crippen LogP contribution is 2.31. The fraction of sp³-hybridized carbons (Fsp3) is 0.312. The molecule has 4 aromatic rings. The molecule has 0 spiro atoms. The highest BCUT2D eigenvalue weighted by Gasteiger charge is 2.25. The topological polar surface area (TPSA) is 47.4 Å². The largest absolute Gasteiger partial charge is 0.496 e. The lowest BCUT2D eigenvalue weighted by Crippen LogP contribution is -2.42. The van der Waals surface area contributed by atoms with Gasteiger partial charge in [-0.2, -0.15) is 0 Å². The van der Waals surface area contributed by atoms with Crippen LogP contribution in [0.1, 0.15) is 32.3 Å². The summed E-state index contributed by atoms with van der Waals surface area (Å²) in [6.07, 6.45) is 4.08. The van der Waals surface area contributed by atoms with E-state index >= 15 is 0 Å². The molecule has 1 aliphatic heterocycles. The van der Waals surface area contributed by atoms with Crippen LogP contribution in [0, 0.1) is 5.92 Å². The van der Waals surface area contributed by atoms with Crippen molar-refractivity contribution in [3.63, 3.8) is 0 Å². The zero-order valence-corrected chi connectivity index (χ0v) is 22.0. The van der Waals surface area contributed by atoms with Crippen LogP contribution in [-0.4, -0.2) is 40.7 Å². The second-order valence-electron chi connectivity index (χ2n) is 10.2. The Balaban J connectivity index is 1.64. The molecule has 1 aromatic heterocycles. The van der Waals surface area contributed by atoms with E-state index in [0.29, 0.717) is 41.0 Å². The Labute approximate surface area is 219 Å². The van der Waals surface area contributed by atoms with Gasteiger partial charge in [0.15, 0.2) is 0 Å². The molecule has 1 fully saturated rings. The van der Waals surface area contributed by atoms with Crippen LogP contribution < -0.4 is 10.3 Å². The number of ether oxygens (including phenoxy) is 1. The first-order valence-corrected chi connectivity index (χ1v) is 13.1. The second-order valence-corrected chi connectivity index (χ2v) is 10.2. The monoisotopic (exact) mass is 493 g/mol. The minimum atomic E-state index is -0.00265. The summed E-state index contributed by atoms with van der Waals surface area (Å²) in [6.45, 7) is 11.1. The van der Waals surface area contributed by atoms with Gasteiger partial charge in [-0.15, -0.1) is 0 Å². The highest BCUT2D eigenvalue weighted by atomic mass is 16.5. The van der Waals surface area contributed by atoms with Crippen LogP contribution in [-0.2, 0) is 6.54 Å². The third-order valence-corrected chi connectivity index (χ3v) is 7.50. The Morgan fingerprint density at radius 2 is 1.84 bits per heavy atom. The Morgan fingerprint density at radius 3 is 2.57 bits per heavy atom. The van der Waals surface area contributed by atoms with E-state index in [1.165, 1.54) is 0 Å². The molecule has 0 aliphatic carbocycles. The van der Waals surface area contributed by atoms with E-state index in [2.05, 4.69) is 37.5 Å². The minimum Gasteiger partial charge on any atom is -0.496 e. The number of hydrogen-bond acceptors (Lipinski definition) is 4. The minimum absolute atomic E-state index is 0.00265. The molecule has 1 atom stereocenters. The van der Waals surface area contributed by atoms with E-state index in [1.807, 2.05) is 65.2 Å². The number of nitrogens with zero attached hydrogens (tertiary/aromatic N) is 3. The smallest absolute Gasteiger partial charge is 0.261 e. The van der Waals surface area contributed by atoms with Gasteiger partial charge >= 0.3 is 0 Å². The predicted octanol–water partition coefficient (Wildman–Crippen LogP) is 6.50. The second kappa shape index (κ2) is 10.7. The molecular formula is C32H35N3O2. The number of benzene rings is 3. The number of methoxy groups -OCH3 is 1. The first-order chi connectivity index (χ1) is 18.0. The lowest BCUT2D eigenvalue weighted by molar-refractivity contribution is 0.130. The van der Waals surface area contributed by atoms with Crippen LogP contribution in [0.25, 0.3) is 39.5 Å². The maximum Gasteiger partial charge on any atom is 0.261 e. The fourth-order valence-corrected chi connectivity index (χ4v) is 5.39. The molecule has 5 nitrogen and oxygen atoms in total. The molecule has 0 bridgehead atoms. The number of piperidine rings is 1. The maximum absolute atomic E-state index is 14.2. The summed E-state index contributed by atoms with van der Waals surface area (Å²) in [6, 6.07) is 22.5. The van der Waals surface area contributed by atoms with E-state index in [1.54, 1.807) is 7.11 Å². The van der Waals surface area contributed by atoms with Crippen molar-refractivity contribution in [1.82, 2.24) is 14.5 Å². The van der Waals surface area contributed by atoms with Gasteiger partial charge in [-0.05, 0) is 80.1 Å². The van der Waals surface area contributed by atoms with Gasteiger partial charge in [0.2, 0.25) is 0 Å². The van der Waals surface area contributed by atoms with Crippen molar-refractivity contribution in [2.45, 2.75) is 39.3 Å². The van der Waals surface area contributed by atoms with E-state index in [4.69, 9.17) is 9.72 Å². The van der Waals surface area contributed by atoms with E-state index < -0.39 is 0 Å². The molecule has 0 amide bonds. The van der Waals surface area contributed by atoms with E-state index in [-0.39, 0.29) is 5.56 Å². The Kier molecular flexibility index (Phi) is 7.24. The van der Waals surface area contributed by atoms with Crippen molar-refractivity contribution in [1.29, 1.82) is 0 Å². The highest BCUT2D eigenvalue weighted by molar-refractivity contribution is 5.85. The Hall–Kier alpha value is -3.70. The number of likely N-dealkylation sites (tertiary alicyclic amines) is 1. The van der Waals surface area contributed by atoms with Gasteiger partial charge < -0.3 is 9.64 Å². The number of hydrogen-bond donors (Lipinski definition) is 0. The zero-order chi connectivity index (χ0) is 25.9. The maximum atomic E-state index is 14.2. The third-order valence-electron chi connectivity index (χ3n) is 7.50. The Bertz CT molecular complexity index is 1470. The van der Waals surface area contributed by atoms with Crippen molar-refractivity contribution >= 4 is 17.0 Å². The first-order valence-electron chi connectivity index (χ1n) is 13.1. The SMILES string of the molecule is C=Cc1ccc(-c2ccc3nc(-c4ccccc4OC)n(CC4CCCN(C(C)C)C4)c(=O)c3c2)cc1. The van der Waals surface area contributed by atoms with Crippen LogP contribution in [0.4, 0.5) is 0 Å². The van der Waals surface area contributed by atoms with Gasteiger partial charge in [-0.25, -0.2) is 4.98 Å². The van der Waals surface area contributed by atoms with E-state index in [0.717, 1.165) is 48.2 Å². The zero-order valence-electron chi connectivity index (χ0n) is 22.0. The third kappa shape index (κ3) is 5.09. The lowest BCUT2D eigenvalue weighted by atomic mass is 9.96. The van der Waals surface area contributed by atoms with Gasteiger partial charge in [0.05, 0.1) is 23.6 Å².